The van der Waals surface area contributed by atoms with E-state index in [4.69, 9.17) is 10.9 Å². The van der Waals surface area contributed by atoms with Crippen LogP contribution in [0.1, 0.15) is 40.5 Å². The molecular formula is C10H22N2OS. The fourth-order valence-electron chi connectivity index (χ4n) is 0.897. The highest BCUT2D eigenvalue weighted by Gasteiger charge is 2.23. The number of rotatable bonds is 6. The molecular weight excluding hydrogens is 196 g/mol. The van der Waals surface area contributed by atoms with Crippen LogP contribution in [0.25, 0.3) is 0 Å². The SMILES string of the molecule is CCC(C)SCCC(C)(C)C(N)=NO. The third kappa shape index (κ3) is 4.74. The third-order valence-corrected chi connectivity index (χ3v) is 3.85. The van der Waals surface area contributed by atoms with E-state index in [0.29, 0.717) is 11.1 Å². The van der Waals surface area contributed by atoms with Crippen molar-refractivity contribution in [2.24, 2.45) is 16.3 Å². The Balaban J connectivity index is 3.88. The number of amidine groups is 1. The van der Waals surface area contributed by atoms with Crippen molar-refractivity contribution in [2.75, 3.05) is 5.75 Å². The maximum absolute atomic E-state index is 8.58. The van der Waals surface area contributed by atoms with Gasteiger partial charge in [0.25, 0.3) is 0 Å². The zero-order valence-corrected chi connectivity index (χ0v) is 10.4. The van der Waals surface area contributed by atoms with Gasteiger partial charge in [0.05, 0.1) is 0 Å². The molecule has 1 unspecified atom stereocenters. The molecule has 84 valence electrons. The van der Waals surface area contributed by atoms with Crippen molar-refractivity contribution >= 4 is 17.6 Å². The van der Waals surface area contributed by atoms with Crippen molar-refractivity contribution in [1.82, 2.24) is 0 Å². The van der Waals surface area contributed by atoms with Crippen LogP contribution in [0, 0.1) is 5.41 Å². The second kappa shape index (κ2) is 6.17. The van der Waals surface area contributed by atoms with Crippen molar-refractivity contribution in [3.8, 4) is 0 Å². The second-order valence-electron chi connectivity index (χ2n) is 4.21. The molecule has 0 amide bonds. The van der Waals surface area contributed by atoms with Gasteiger partial charge in [-0.25, -0.2) is 0 Å². The quantitative estimate of drug-likeness (QED) is 0.312. The predicted molar refractivity (Wildman–Crippen MR) is 64.0 cm³/mol. The maximum Gasteiger partial charge on any atom is 0.144 e. The molecule has 0 aromatic heterocycles. The van der Waals surface area contributed by atoms with Crippen molar-refractivity contribution in [1.29, 1.82) is 0 Å². The number of oxime groups is 1. The zero-order chi connectivity index (χ0) is 11.2. The Bertz CT molecular complexity index is 193. The van der Waals surface area contributed by atoms with Gasteiger partial charge in [-0.2, -0.15) is 11.8 Å². The Morgan fingerprint density at radius 2 is 2.14 bits per heavy atom. The van der Waals surface area contributed by atoms with E-state index in [1.807, 2.05) is 25.6 Å². The van der Waals surface area contributed by atoms with E-state index < -0.39 is 0 Å². The van der Waals surface area contributed by atoms with Crippen molar-refractivity contribution in [3.63, 3.8) is 0 Å². The standard InChI is InChI=1S/C10H22N2OS/c1-5-8(2)14-7-6-10(3,4)9(11)12-13/h8,13H,5-7H2,1-4H3,(H2,11,12). The van der Waals surface area contributed by atoms with E-state index in [1.165, 1.54) is 6.42 Å². The van der Waals surface area contributed by atoms with Crippen molar-refractivity contribution in [2.45, 2.75) is 45.8 Å². The summed E-state index contributed by atoms with van der Waals surface area (Å²) in [5.41, 5.74) is 5.39. The lowest BCUT2D eigenvalue weighted by molar-refractivity contribution is 0.307. The minimum atomic E-state index is -0.199. The number of nitrogens with two attached hydrogens (primary N) is 1. The molecule has 0 radical (unpaired) electrons. The van der Waals surface area contributed by atoms with Crippen LogP contribution in [-0.4, -0.2) is 22.0 Å². The summed E-state index contributed by atoms with van der Waals surface area (Å²) in [5.74, 6) is 1.38. The number of thioether (sulfide) groups is 1. The molecule has 14 heavy (non-hydrogen) atoms. The van der Waals surface area contributed by atoms with Crippen LogP contribution in [0.3, 0.4) is 0 Å². The van der Waals surface area contributed by atoms with Gasteiger partial charge in [0.15, 0.2) is 0 Å². The lowest BCUT2D eigenvalue weighted by Gasteiger charge is -2.23. The molecule has 0 aromatic carbocycles. The highest BCUT2D eigenvalue weighted by atomic mass is 32.2. The van der Waals surface area contributed by atoms with Gasteiger partial charge < -0.3 is 10.9 Å². The monoisotopic (exact) mass is 218 g/mol. The molecule has 0 heterocycles. The van der Waals surface area contributed by atoms with Crippen LogP contribution in [0.15, 0.2) is 5.16 Å². The third-order valence-electron chi connectivity index (χ3n) is 2.51. The van der Waals surface area contributed by atoms with Gasteiger partial charge in [-0.15, -0.1) is 0 Å². The first-order chi connectivity index (χ1) is 6.44. The minimum absolute atomic E-state index is 0.199. The van der Waals surface area contributed by atoms with Gasteiger partial charge in [-0.05, 0) is 18.6 Å². The molecule has 0 rings (SSSR count). The van der Waals surface area contributed by atoms with Crippen LogP contribution in [0.4, 0.5) is 0 Å². The smallest absolute Gasteiger partial charge is 0.144 e. The number of hydrogen-bond acceptors (Lipinski definition) is 3. The van der Waals surface area contributed by atoms with Crippen LogP contribution in [-0.2, 0) is 0 Å². The van der Waals surface area contributed by atoms with E-state index in [-0.39, 0.29) is 5.41 Å². The highest BCUT2D eigenvalue weighted by molar-refractivity contribution is 7.99. The summed E-state index contributed by atoms with van der Waals surface area (Å²) in [6, 6.07) is 0. The maximum atomic E-state index is 8.58. The zero-order valence-electron chi connectivity index (χ0n) is 9.58. The lowest BCUT2D eigenvalue weighted by Crippen LogP contribution is -2.32. The topological polar surface area (TPSA) is 58.6 Å². The molecule has 0 aliphatic heterocycles. The first kappa shape index (κ1) is 13.6. The largest absolute Gasteiger partial charge is 0.409 e. The second-order valence-corrected chi connectivity index (χ2v) is 5.76. The van der Waals surface area contributed by atoms with Crippen LogP contribution in [0.5, 0.6) is 0 Å². The van der Waals surface area contributed by atoms with Gasteiger partial charge in [-0.1, -0.05) is 32.9 Å². The molecule has 0 saturated carbocycles. The Morgan fingerprint density at radius 3 is 2.57 bits per heavy atom. The average Bonchev–Trinajstić information content (AvgIpc) is 2.15. The van der Waals surface area contributed by atoms with Crippen LogP contribution < -0.4 is 5.73 Å². The normalized spacial score (nSPS) is 15.6. The molecule has 3 nitrogen and oxygen atoms in total. The van der Waals surface area contributed by atoms with E-state index in [1.54, 1.807) is 0 Å². The Labute approximate surface area is 91.1 Å². The van der Waals surface area contributed by atoms with Crippen LogP contribution in [0.2, 0.25) is 0 Å². The van der Waals surface area contributed by atoms with E-state index in [0.717, 1.165) is 12.2 Å². The molecule has 0 aliphatic carbocycles. The molecule has 0 saturated heterocycles. The minimum Gasteiger partial charge on any atom is -0.409 e. The first-order valence-corrected chi connectivity index (χ1v) is 6.08. The van der Waals surface area contributed by atoms with Gasteiger partial charge in [0.1, 0.15) is 5.84 Å². The Hall–Kier alpha value is -0.380. The fraction of sp³-hybridized carbons (Fsp3) is 0.900. The fourth-order valence-corrected chi connectivity index (χ4v) is 2.16. The van der Waals surface area contributed by atoms with Crippen molar-refractivity contribution < 1.29 is 5.21 Å². The molecule has 0 aromatic rings. The van der Waals surface area contributed by atoms with Gasteiger partial charge in [0, 0.05) is 10.7 Å². The summed E-state index contributed by atoms with van der Waals surface area (Å²) in [4.78, 5) is 0. The summed E-state index contributed by atoms with van der Waals surface area (Å²) in [7, 11) is 0. The average molecular weight is 218 g/mol. The highest BCUT2D eigenvalue weighted by Crippen LogP contribution is 2.25. The van der Waals surface area contributed by atoms with E-state index in [9.17, 15) is 0 Å². The van der Waals surface area contributed by atoms with Gasteiger partial charge in [0.2, 0.25) is 0 Å². The molecule has 0 bridgehead atoms. The van der Waals surface area contributed by atoms with Crippen LogP contribution >= 0.6 is 11.8 Å². The van der Waals surface area contributed by atoms with Crippen molar-refractivity contribution in [3.05, 3.63) is 0 Å². The Kier molecular flexibility index (Phi) is 6.00. The summed E-state index contributed by atoms with van der Waals surface area (Å²) in [5, 5.41) is 12.3. The van der Waals surface area contributed by atoms with Gasteiger partial charge in [-0.3, -0.25) is 0 Å². The summed E-state index contributed by atoms with van der Waals surface area (Å²) in [6.45, 7) is 8.41. The number of nitrogens with zero attached hydrogens (tertiary/aromatic N) is 1. The van der Waals surface area contributed by atoms with E-state index in [2.05, 4.69) is 19.0 Å². The molecule has 0 aliphatic rings. The molecule has 0 spiro atoms. The first-order valence-electron chi connectivity index (χ1n) is 5.03. The summed E-state index contributed by atoms with van der Waals surface area (Å²) in [6.07, 6.45) is 2.13. The summed E-state index contributed by atoms with van der Waals surface area (Å²) >= 11 is 1.94. The molecule has 1 atom stereocenters. The molecule has 0 fully saturated rings. The number of hydrogen-bond donors (Lipinski definition) is 2. The summed E-state index contributed by atoms with van der Waals surface area (Å²) < 4.78 is 0. The van der Waals surface area contributed by atoms with Gasteiger partial charge >= 0.3 is 0 Å². The Morgan fingerprint density at radius 1 is 1.57 bits per heavy atom. The lowest BCUT2D eigenvalue weighted by atomic mass is 9.89. The molecule has 3 N–H and O–H groups in total. The molecule has 4 heteroatoms. The predicted octanol–water partition coefficient (Wildman–Crippen LogP) is 2.68. The van der Waals surface area contributed by atoms with E-state index >= 15 is 0 Å².